The van der Waals surface area contributed by atoms with Gasteiger partial charge in [-0.15, -0.1) is 0 Å². The maximum Gasteiger partial charge on any atom is 0.243 e. The van der Waals surface area contributed by atoms with Crippen molar-refractivity contribution in [3.05, 3.63) is 82.5 Å². The second kappa shape index (κ2) is 6.73. The van der Waals surface area contributed by atoms with Crippen LogP contribution in [0.15, 0.2) is 59.1 Å². The van der Waals surface area contributed by atoms with Crippen LogP contribution in [0.25, 0.3) is 0 Å². The first kappa shape index (κ1) is 14.8. The number of hydrogen-bond acceptors (Lipinski definition) is 4. The third-order valence-corrected chi connectivity index (χ3v) is 3.63. The van der Waals surface area contributed by atoms with Crippen LogP contribution in [0.3, 0.4) is 0 Å². The van der Waals surface area contributed by atoms with E-state index in [4.69, 9.17) is 21.9 Å². The Morgan fingerprint density at radius 3 is 2.45 bits per heavy atom. The zero-order chi connectivity index (χ0) is 15.4. The van der Waals surface area contributed by atoms with E-state index in [1.54, 1.807) is 0 Å². The molecule has 0 aliphatic rings. The molecule has 1 atom stereocenters. The topological polar surface area (TPSA) is 64.9 Å². The second-order valence-electron chi connectivity index (χ2n) is 5.15. The molecular weight excluding hydrogens is 298 g/mol. The first-order valence-corrected chi connectivity index (χ1v) is 7.45. The Labute approximate surface area is 133 Å². The Morgan fingerprint density at radius 2 is 1.73 bits per heavy atom. The molecule has 1 aromatic heterocycles. The van der Waals surface area contributed by atoms with Crippen LogP contribution in [-0.4, -0.2) is 10.1 Å². The van der Waals surface area contributed by atoms with Crippen LogP contribution in [0.1, 0.15) is 28.9 Å². The lowest BCUT2D eigenvalue weighted by atomic mass is 10.1. The van der Waals surface area contributed by atoms with Crippen molar-refractivity contribution < 1.29 is 4.52 Å². The zero-order valence-electron chi connectivity index (χ0n) is 11.9. The van der Waals surface area contributed by atoms with E-state index in [0.717, 1.165) is 11.1 Å². The Bertz CT molecular complexity index is 725. The molecule has 112 valence electrons. The van der Waals surface area contributed by atoms with E-state index < -0.39 is 0 Å². The molecule has 0 bridgehead atoms. The molecule has 0 aliphatic heterocycles. The highest BCUT2D eigenvalue weighted by Crippen LogP contribution is 2.16. The fourth-order valence-corrected chi connectivity index (χ4v) is 2.36. The summed E-state index contributed by atoms with van der Waals surface area (Å²) in [5.74, 6) is 1.09. The highest BCUT2D eigenvalue weighted by Gasteiger charge is 2.15. The molecule has 4 nitrogen and oxygen atoms in total. The SMILES string of the molecule is N[C@H](Cc1ccccc1)c1nc(Cc2ccc(Cl)cc2)no1. The van der Waals surface area contributed by atoms with Crippen molar-refractivity contribution in [3.63, 3.8) is 0 Å². The van der Waals surface area contributed by atoms with Crippen molar-refractivity contribution in [1.29, 1.82) is 0 Å². The summed E-state index contributed by atoms with van der Waals surface area (Å²) in [7, 11) is 0. The van der Waals surface area contributed by atoms with Crippen LogP contribution in [0, 0.1) is 0 Å². The number of nitrogens with two attached hydrogens (primary N) is 1. The van der Waals surface area contributed by atoms with Gasteiger partial charge in [-0.05, 0) is 29.7 Å². The maximum absolute atomic E-state index is 6.14. The molecule has 0 aliphatic carbocycles. The van der Waals surface area contributed by atoms with Gasteiger partial charge in [0.25, 0.3) is 0 Å². The van der Waals surface area contributed by atoms with Gasteiger partial charge in [0, 0.05) is 11.4 Å². The maximum atomic E-state index is 6.14. The van der Waals surface area contributed by atoms with Gasteiger partial charge in [0.1, 0.15) is 0 Å². The van der Waals surface area contributed by atoms with Gasteiger partial charge in [-0.1, -0.05) is 59.2 Å². The summed E-state index contributed by atoms with van der Waals surface area (Å²) < 4.78 is 5.28. The molecule has 0 amide bonds. The minimum atomic E-state index is -0.297. The van der Waals surface area contributed by atoms with E-state index in [2.05, 4.69) is 10.1 Å². The summed E-state index contributed by atoms with van der Waals surface area (Å²) in [5.41, 5.74) is 8.36. The van der Waals surface area contributed by atoms with E-state index in [9.17, 15) is 0 Å². The monoisotopic (exact) mass is 313 g/mol. The Morgan fingerprint density at radius 1 is 1.00 bits per heavy atom. The van der Waals surface area contributed by atoms with Gasteiger partial charge in [0.05, 0.1) is 6.04 Å². The molecule has 0 radical (unpaired) electrons. The molecule has 1 heterocycles. The van der Waals surface area contributed by atoms with Crippen molar-refractivity contribution in [2.24, 2.45) is 5.73 Å². The quantitative estimate of drug-likeness (QED) is 0.782. The molecular formula is C17H16ClN3O. The number of hydrogen-bond donors (Lipinski definition) is 1. The number of aromatic nitrogens is 2. The molecule has 5 heteroatoms. The predicted molar refractivity (Wildman–Crippen MR) is 85.6 cm³/mol. The minimum Gasteiger partial charge on any atom is -0.338 e. The molecule has 0 unspecified atom stereocenters. The third kappa shape index (κ3) is 3.72. The molecule has 3 rings (SSSR count). The Balaban J connectivity index is 1.66. The van der Waals surface area contributed by atoms with Crippen molar-refractivity contribution in [1.82, 2.24) is 10.1 Å². The molecule has 0 fully saturated rings. The van der Waals surface area contributed by atoms with E-state index in [-0.39, 0.29) is 6.04 Å². The average Bonchev–Trinajstić information content (AvgIpc) is 2.99. The molecule has 2 N–H and O–H groups in total. The number of halogens is 1. The molecule has 0 spiro atoms. The summed E-state index contributed by atoms with van der Waals surface area (Å²) in [6.07, 6.45) is 1.27. The number of benzene rings is 2. The third-order valence-electron chi connectivity index (χ3n) is 3.37. The van der Waals surface area contributed by atoms with E-state index in [0.29, 0.717) is 29.6 Å². The first-order chi connectivity index (χ1) is 10.7. The zero-order valence-corrected chi connectivity index (χ0v) is 12.7. The number of rotatable bonds is 5. The first-order valence-electron chi connectivity index (χ1n) is 7.07. The standard InChI is InChI=1S/C17H16ClN3O/c18-14-8-6-13(7-9-14)11-16-20-17(22-21-16)15(19)10-12-4-2-1-3-5-12/h1-9,15H,10-11,19H2/t15-/m1/s1. The van der Waals surface area contributed by atoms with Gasteiger partial charge < -0.3 is 10.3 Å². The van der Waals surface area contributed by atoms with Crippen molar-refractivity contribution in [2.75, 3.05) is 0 Å². The summed E-state index contributed by atoms with van der Waals surface area (Å²) >= 11 is 5.87. The van der Waals surface area contributed by atoms with Crippen molar-refractivity contribution >= 4 is 11.6 Å². The van der Waals surface area contributed by atoms with Crippen molar-refractivity contribution in [2.45, 2.75) is 18.9 Å². The summed E-state index contributed by atoms with van der Waals surface area (Å²) in [5, 5.41) is 4.71. The average molecular weight is 314 g/mol. The van der Waals surface area contributed by atoms with Gasteiger partial charge in [-0.2, -0.15) is 4.98 Å². The predicted octanol–water partition coefficient (Wildman–Crippen LogP) is 3.56. The van der Waals surface area contributed by atoms with E-state index in [1.807, 2.05) is 54.6 Å². The molecule has 3 aromatic rings. The summed E-state index contributed by atoms with van der Waals surface area (Å²) in [6, 6.07) is 17.3. The summed E-state index contributed by atoms with van der Waals surface area (Å²) in [6.45, 7) is 0. The smallest absolute Gasteiger partial charge is 0.243 e. The lowest BCUT2D eigenvalue weighted by molar-refractivity contribution is 0.350. The van der Waals surface area contributed by atoms with Gasteiger partial charge >= 0.3 is 0 Å². The van der Waals surface area contributed by atoms with Gasteiger partial charge in [-0.3, -0.25) is 0 Å². The van der Waals surface area contributed by atoms with Gasteiger partial charge in [-0.25, -0.2) is 0 Å². The molecule has 2 aromatic carbocycles. The minimum absolute atomic E-state index is 0.297. The van der Waals surface area contributed by atoms with Crippen LogP contribution in [-0.2, 0) is 12.8 Å². The molecule has 0 saturated carbocycles. The fraction of sp³-hybridized carbons (Fsp3) is 0.176. The summed E-state index contributed by atoms with van der Waals surface area (Å²) in [4.78, 5) is 4.39. The highest BCUT2D eigenvalue weighted by molar-refractivity contribution is 6.30. The Kier molecular flexibility index (Phi) is 4.51. The van der Waals surface area contributed by atoms with Crippen LogP contribution in [0.4, 0.5) is 0 Å². The largest absolute Gasteiger partial charge is 0.338 e. The van der Waals surface area contributed by atoms with Gasteiger partial charge in [0.15, 0.2) is 5.82 Å². The molecule has 22 heavy (non-hydrogen) atoms. The van der Waals surface area contributed by atoms with Gasteiger partial charge in [0.2, 0.25) is 5.89 Å². The van der Waals surface area contributed by atoms with Crippen LogP contribution in [0.2, 0.25) is 5.02 Å². The van der Waals surface area contributed by atoms with E-state index in [1.165, 1.54) is 0 Å². The Hall–Kier alpha value is -2.17. The van der Waals surface area contributed by atoms with Crippen molar-refractivity contribution in [3.8, 4) is 0 Å². The normalized spacial score (nSPS) is 12.3. The fourth-order valence-electron chi connectivity index (χ4n) is 2.23. The lowest BCUT2D eigenvalue weighted by Crippen LogP contribution is -2.13. The highest BCUT2D eigenvalue weighted by atomic mass is 35.5. The number of nitrogens with zero attached hydrogens (tertiary/aromatic N) is 2. The van der Waals surface area contributed by atoms with E-state index >= 15 is 0 Å². The molecule has 0 saturated heterocycles. The van der Waals surface area contributed by atoms with Crippen LogP contribution < -0.4 is 5.73 Å². The van der Waals surface area contributed by atoms with Crippen LogP contribution in [0.5, 0.6) is 0 Å². The van der Waals surface area contributed by atoms with Crippen LogP contribution >= 0.6 is 11.6 Å². The second-order valence-corrected chi connectivity index (χ2v) is 5.58. The lowest BCUT2D eigenvalue weighted by Gasteiger charge is -2.05.